The monoisotopic (exact) mass is 289 g/mol. The minimum Gasteiger partial charge on any atom is -0.312 e. The van der Waals surface area contributed by atoms with E-state index in [1.54, 1.807) is 0 Å². The number of imidazole rings is 1. The zero-order valence-corrected chi connectivity index (χ0v) is 13.4. The molecule has 0 N–H and O–H groups in total. The van der Waals surface area contributed by atoms with Crippen LogP contribution in [0, 0.1) is 5.92 Å². The summed E-state index contributed by atoms with van der Waals surface area (Å²) < 4.78 is 2.37. The highest BCUT2D eigenvalue weighted by Gasteiger charge is 2.25. The van der Waals surface area contributed by atoms with Crippen LogP contribution in [-0.2, 0) is 12.0 Å². The molecule has 1 unspecified atom stereocenters. The quantitative estimate of drug-likeness (QED) is 0.841. The molecular weight excluding hydrogens is 266 g/mol. The van der Waals surface area contributed by atoms with Crippen molar-refractivity contribution in [2.24, 2.45) is 5.92 Å². The number of rotatable bonds is 2. The Morgan fingerprint density at radius 3 is 2.95 bits per heavy atom. The van der Waals surface area contributed by atoms with Gasteiger partial charge in [-0.25, -0.2) is 9.97 Å². The van der Waals surface area contributed by atoms with Crippen molar-refractivity contribution in [3.63, 3.8) is 0 Å². The molecular formula is C16H23N3S. The Morgan fingerprint density at radius 2 is 2.25 bits per heavy atom. The summed E-state index contributed by atoms with van der Waals surface area (Å²) in [6.07, 6.45) is 4.56. The van der Waals surface area contributed by atoms with Crippen molar-refractivity contribution < 1.29 is 0 Å². The summed E-state index contributed by atoms with van der Waals surface area (Å²) in [6.45, 7) is 7.77. The van der Waals surface area contributed by atoms with E-state index in [-0.39, 0.29) is 5.41 Å². The predicted octanol–water partition coefficient (Wildman–Crippen LogP) is 3.87. The molecule has 1 atom stereocenters. The zero-order chi connectivity index (χ0) is 14.2. The number of pyridine rings is 1. The lowest BCUT2D eigenvalue weighted by atomic mass is 9.95. The summed E-state index contributed by atoms with van der Waals surface area (Å²) >= 11 is 2.09. The van der Waals surface area contributed by atoms with Crippen LogP contribution >= 0.6 is 11.8 Å². The second-order valence-electron chi connectivity index (χ2n) is 6.73. The Kier molecular flexibility index (Phi) is 3.76. The van der Waals surface area contributed by atoms with Gasteiger partial charge in [0.2, 0.25) is 0 Å². The first-order chi connectivity index (χ1) is 9.55. The first-order valence-electron chi connectivity index (χ1n) is 7.45. The minimum atomic E-state index is 0.0580. The van der Waals surface area contributed by atoms with Crippen LogP contribution in [0.25, 0.3) is 11.2 Å². The van der Waals surface area contributed by atoms with E-state index in [0.29, 0.717) is 0 Å². The first kappa shape index (κ1) is 13.9. The molecule has 3 rings (SSSR count). The van der Waals surface area contributed by atoms with Crippen molar-refractivity contribution in [3.8, 4) is 0 Å². The third kappa shape index (κ3) is 2.71. The molecule has 2 aromatic rings. The Morgan fingerprint density at radius 1 is 1.40 bits per heavy atom. The van der Waals surface area contributed by atoms with E-state index in [9.17, 15) is 0 Å². The fourth-order valence-corrected chi connectivity index (χ4v) is 4.06. The molecule has 0 amide bonds. The molecule has 0 aromatic carbocycles. The van der Waals surface area contributed by atoms with Gasteiger partial charge in [0, 0.05) is 18.2 Å². The maximum absolute atomic E-state index is 4.84. The van der Waals surface area contributed by atoms with Crippen LogP contribution in [0.5, 0.6) is 0 Å². The van der Waals surface area contributed by atoms with E-state index < -0.39 is 0 Å². The molecule has 1 aliphatic heterocycles. The molecule has 2 aromatic heterocycles. The fraction of sp³-hybridized carbons (Fsp3) is 0.625. The predicted molar refractivity (Wildman–Crippen MR) is 86.3 cm³/mol. The van der Waals surface area contributed by atoms with Crippen molar-refractivity contribution in [2.75, 3.05) is 11.5 Å². The number of hydrogen-bond donors (Lipinski definition) is 0. The number of aromatic nitrogens is 3. The van der Waals surface area contributed by atoms with Gasteiger partial charge < -0.3 is 4.57 Å². The van der Waals surface area contributed by atoms with Gasteiger partial charge in [0.15, 0.2) is 5.65 Å². The lowest BCUT2D eigenvalue weighted by molar-refractivity contribution is 0.416. The number of fused-ring (bicyclic) bond motifs is 1. The maximum atomic E-state index is 4.84. The van der Waals surface area contributed by atoms with E-state index in [0.717, 1.165) is 23.6 Å². The molecule has 3 heterocycles. The topological polar surface area (TPSA) is 30.7 Å². The second-order valence-corrected chi connectivity index (χ2v) is 7.88. The van der Waals surface area contributed by atoms with E-state index in [1.807, 2.05) is 12.3 Å². The van der Waals surface area contributed by atoms with E-state index >= 15 is 0 Å². The summed E-state index contributed by atoms with van der Waals surface area (Å²) in [6, 6.07) is 4.05. The third-order valence-corrected chi connectivity index (χ3v) is 5.15. The van der Waals surface area contributed by atoms with Crippen molar-refractivity contribution in [1.82, 2.24) is 14.5 Å². The molecule has 0 radical (unpaired) electrons. The normalized spacial score (nSPS) is 20.4. The summed E-state index contributed by atoms with van der Waals surface area (Å²) in [4.78, 5) is 9.42. The van der Waals surface area contributed by atoms with Gasteiger partial charge in [-0.05, 0) is 42.4 Å². The van der Waals surface area contributed by atoms with Gasteiger partial charge in [0.25, 0.3) is 0 Å². The molecule has 0 spiro atoms. The average molecular weight is 289 g/mol. The van der Waals surface area contributed by atoms with E-state index in [4.69, 9.17) is 4.98 Å². The summed E-state index contributed by atoms with van der Waals surface area (Å²) in [5, 5.41) is 0. The highest BCUT2D eigenvalue weighted by Crippen LogP contribution is 2.29. The smallest absolute Gasteiger partial charge is 0.160 e. The van der Waals surface area contributed by atoms with E-state index in [1.165, 1.54) is 30.2 Å². The van der Waals surface area contributed by atoms with Crippen LogP contribution in [0.2, 0.25) is 0 Å². The van der Waals surface area contributed by atoms with Crippen LogP contribution in [0.4, 0.5) is 0 Å². The molecule has 0 bridgehead atoms. The zero-order valence-electron chi connectivity index (χ0n) is 12.6. The SMILES string of the molecule is CC(C)(C)c1nc2cccnc2n1CC1CCCSC1. The van der Waals surface area contributed by atoms with Crippen molar-refractivity contribution >= 4 is 22.9 Å². The van der Waals surface area contributed by atoms with Crippen LogP contribution < -0.4 is 0 Å². The molecule has 1 aliphatic rings. The van der Waals surface area contributed by atoms with E-state index in [2.05, 4.69) is 48.2 Å². The second kappa shape index (κ2) is 5.40. The van der Waals surface area contributed by atoms with Crippen LogP contribution in [-0.4, -0.2) is 26.0 Å². The Balaban J connectivity index is 2.01. The standard InChI is InChI=1S/C16H23N3S/c1-16(2,3)15-18-13-7-4-8-17-14(13)19(15)10-12-6-5-9-20-11-12/h4,7-8,12H,5-6,9-11H2,1-3H3. The van der Waals surface area contributed by atoms with Crippen molar-refractivity contribution in [1.29, 1.82) is 0 Å². The summed E-state index contributed by atoms with van der Waals surface area (Å²) in [5.74, 6) is 4.53. The van der Waals surface area contributed by atoms with Gasteiger partial charge >= 0.3 is 0 Å². The Bertz CT molecular complexity index is 591. The maximum Gasteiger partial charge on any atom is 0.160 e. The number of hydrogen-bond acceptors (Lipinski definition) is 3. The third-order valence-electron chi connectivity index (χ3n) is 3.87. The Labute approximate surface area is 125 Å². The molecule has 0 saturated carbocycles. The van der Waals surface area contributed by atoms with Crippen molar-refractivity contribution in [3.05, 3.63) is 24.2 Å². The van der Waals surface area contributed by atoms with Gasteiger partial charge in [-0.2, -0.15) is 11.8 Å². The van der Waals surface area contributed by atoms with Crippen LogP contribution in [0.15, 0.2) is 18.3 Å². The summed E-state index contributed by atoms with van der Waals surface area (Å²) in [7, 11) is 0. The first-order valence-corrected chi connectivity index (χ1v) is 8.60. The highest BCUT2D eigenvalue weighted by atomic mass is 32.2. The van der Waals surface area contributed by atoms with Gasteiger partial charge in [0.1, 0.15) is 11.3 Å². The van der Waals surface area contributed by atoms with Gasteiger partial charge in [-0.3, -0.25) is 0 Å². The minimum absolute atomic E-state index is 0.0580. The van der Waals surface area contributed by atoms with Gasteiger partial charge in [-0.1, -0.05) is 20.8 Å². The van der Waals surface area contributed by atoms with Crippen LogP contribution in [0.1, 0.15) is 39.4 Å². The molecule has 20 heavy (non-hydrogen) atoms. The van der Waals surface area contributed by atoms with Gasteiger partial charge in [0.05, 0.1) is 0 Å². The number of nitrogens with zero attached hydrogens (tertiary/aromatic N) is 3. The average Bonchev–Trinajstić information content (AvgIpc) is 2.79. The Hall–Kier alpha value is -1.03. The highest BCUT2D eigenvalue weighted by molar-refractivity contribution is 7.99. The lowest BCUT2D eigenvalue weighted by Gasteiger charge is -2.25. The summed E-state index contributed by atoms with van der Waals surface area (Å²) in [5.41, 5.74) is 2.14. The van der Waals surface area contributed by atoms with Crippen molar-refractivity contribution in [2.45, 2.75) is 45.6 Å². The molecule has 1 fully saturated rings. The largest absolute Gasteiger partial charge is 0.312 e. The molecule has 4 heteroatoms. The van der Waals surface area contributed by atoms with Gasteiger partial charge in [-0.15, -0.1) is 0 Å². The fourth-order valence-electron chi connectivity index (χ4n) is 2.91. The lowest BCUT2D eigenvalue weighted by Crippen LogP contribution is -2.24. The van der Waals surface area contributed by atoms with Crippen LogP contribution in [0.3, 0.4) is 0 Å². The molecule has 3 nitrogen and oxygen atoms in total. The molecule has 1 saturated heterocycles. The molecule has 108 valence electrons. The molecule has 0 aliphatic carbocycles. The number of thioether (sulfide) groups is 1.